The number of hydrogen-bond acceptors (Lipinski definition) is 5. The zero-order valence-electron chi connectivity index (χ0n) is 15.6. The third-order valence-corrected chi connectivity index (χ3v) is 4.30. The first-order valence-electron chi connectivity index (χ1n) is 8.59. The second-order valence-corrected chi connectivity index (χ2v) is 5.96. The Balaban J connectivity index is 1.77. The maximum atomic E-state index is 12.3. The number of nitrogens with one attached hydrogen (secondary N) is 1. The predicted octanol–water partition coefficient (Wildman–Crippen LogP) is 3.21. The molecule has 0 radical (unpaired) electrons. The summed E-state index contributed by atoms with van der Waals surface area (Å²) in [6.07, 6.45) is 3.05. The van der Waals surface area contributed by atoms with Gasteiger partial charge in [-0.25, -0.2) is 4.99 Å². The summed E-state index contributed by atoms with van der Waals surface area (Å²) in [6, 6.07) is 13.2. The Morgan fingerprint density at radius 1 is 0.963 bits per heavy atom. The maximum absolute atomic E-state index is 12.3. The van der Waals surface area contributed by atoms with Crippen LogP contribution in [0, 0.1) is 0 Å². The van der Waals surface area contributed by atoms with Crippen LogP contribution in [0.25, 0.3) is 6.08 Å². The Morgan fingerprint density at radius 3 is 2.48 bits per heavy atom. The first-order chi connectivity index (χ1) is 13.1. The van der Waals surface area contributed by atoms with Crippen LogP contribution < -0.4 is 19.5 Å². The second kappa shape index (κ2) is 8.40. The van der Waals surface area contributed by atoms with E-state index in [1.165, 1.54) is 0 Å². The number of aliphatic imine (C=N–C) groups is 1. The van der Waals surface area contributed by atoms with E-state index in [4.69, 9.17) is 14.2 Å². The molecule has 0 unspecified atom stereocenters. The lowest BCUT2D eigenvalue weighted by Crippen LogP contribution is -2.24. The standard InChI is InChI=1S/C21H22N2O4/c1-25-16-10-8-15(19(13-16)27-3)12-17-21(24)23-20(22-17)11-9-14-6-4-5-7-18(14)26-2/h4-8,10,12-13H,9,11H2,1-3H3,(H,22,23,24)/b17-12+. The first-order valence-corrected chi connectivity index (χ1v) is 8.59. The molecular formula is C21H22N2O4. The van der Waals surface area contributed by atoms with E-state index in [2.05, 4.69) is 10.3 Å². The lowest BCUT2D eigenvalue weighted by atomic mass is 10.1. The van der Waals surface area contributed by atoms with Crippen molar-refractivity contribution < 1.29 is 19.0 Å². The van der Waals surface area contributed by atoms with Crippen molar-refractivity contribution in [2.45, 2.75) is 12.8 Å². The summed E-state index contributed by atoms with van der Waals surface area (Å²) in [5.41, 5.74) is 2.19. The molecule has 0 saturated carbocycles. The van der Waals surface area contributed by atoms with Crippen LogP contribution in [0.2, 0.25) is 0 Å². The minimum atomic E-state index is -0.220. The molecule has 0 saturated heterocycles. The fourth-order valence-electron chi connectivity index (χ4n) is 2.88. The van der Waals surface area contributed by atoms with E-state index in [0.717, 1.165) is 23.3 Å². The molecule has 1 N–H and O–H groups in total. The molecule has 6 heteroatoms. The lowest BCUT2D eigenvalue weighted by molar-refractivity contribution is -0.115. The van der Waals surface area contributed by atoms with Gasteiger partial charge >= 0.3 is 0 Å². The number of amides is 1. The molecule has 0 atom stereocenters. The van der Waals surface area contributed by atoms with Gasteiger partial charge in [0.15, 0.2) is 0 Å². The number of nitrogens with zero attached hydrogens (tertiary/aromatic N) is 1. The van der Waals surface area contributed by atoms with Gasteiger partial charge in [-0.3, -0.25) is 4.79 Å². The van der Waals surface area contributed by atoms with E-state index in [9.17, 15) is 4.79 Å². The van der Waals surface area contributed by atoms with Gasteiger partial charge in [0.05, 0.1) is 21.3 Å². The zero-order chi connectivity index (χ0) is 19.2. The Hall–Kier alpha value is -3.28. The highest BCUT2D eigenvalue weighted by molar-refractivity contribution is 6.14. The fourth-order valence-corrected chi connectivity index (χ4v) is 2.88. The third-order valence-electron chi connectivity index (χ3n) is 4.30. The van der Waals surface area contributed by atoms with Crippen LogP contribution in [-0.4, -0.2) is 33.1 Å². The van der Waals surface area contributed by atoms with Crippen molar-refractivity contribution in [1.82, 2.24) is 5.32 Å². The summed E-state index contributed by atoms with van der Waals surface area (Å²) in [6.45, 7) is 0. The van der Waals surface area contributed by atoms with Crippen LogP contribution in [-0.2, 0) is 11.2 Å². The number of carbonyl (C=O) groups is 1. The molecule has 140 valence electrons. The Morgan fingerprint density at radius 2 is 1.74 bits per heavy atom. The maximum Gasteiger partial charge on any atom is 0.275 e. The van der Waals surface area contributed by atoms with Gasteiger partial charge in [0.1, 0.15) is 28.8 Å². The highest BCUT2D eigenvalue weighted by Crippen LogP contribution is 2.27. The molecule has 0 aromatic heterocycles. The van der Waals surface area contributed by atoms with Crippen molar-refractivity contribution in [1.29, 1.82) is 0 Å². The van der Waals surface area contributed by atoms with Gasteiger partial charge < -0.3 is 19.5 Å². The highest BCUT2D eigenvalue weighted by atomic mass is 16.5. The minimum Gasteiger partial charge on any atom is -0.497 e. The average Bonchev–Trinajstić information content (AvgIpc) is 3.06. The molecule has 6 nitrogen and oxygen atoms in total. The van der Waals surface area contributed by atoms with Crippen molar-refractivity contribution >= 4 is 17.8 Å². The van der Waals surface area contributed by atoms with E-state index in [-0.39, 0.29) is 5.91 Å². The summed E-state index contributed by atoms with van der Waals surface area (Å²) in [4.78, 5) is 16.7. The van der Waals surface area contributed by atoms with Gasteiger partial charge in [0.2, 0.25) is 0 Å². The molecule has 0 aliphatic carbocycles. The van der Waals surface area contributed by atoms with Crippen LogP contribution >= 0.6 is 0 Å². The molecule has 2 aromatic carbocycles. The molecule has 1 aliphatic rings. The Kier molecular flexibility index (Phi) is 5.76. The Bertz CT molecular complexity index is 903. The van der Waals surface area contributed by atoms with Crippen LogP contribution in [0.5, 0.6) is 17.2 Å². The fraction of sp³-hybridized carbons (Fsp3) is 0.238. The van der Waals surface area contributed by atoms with Gasteiger partial charge in [-0.1, -0.05) is 18.2 Å². The molecule has 2 aromatic rings. The number of para-hydroxylation sites is 1. The average molecular weight is 366 g/mol. The third kappa shape index (κ3) is 4.28. The number of benzene rings is 2. The number of ether oxygens (including phenoxy) is 3. The van der Waals surface area contributed by atoms with Gasteiger partial charge in [-0.2, -0.15) is 0 Å². The van der Waals surface area contributed by atoms with Gasteiger partial charge in [-0.15, -0.1) is 0 Å². The number of methoxy groups -OCH3 is 3. The SMILES string of the molecule is COc1ccc(/C=C2/N=C(CCc3ccccc3OC)NC2=O)c(OC)c1. The van der Waals surface area contributed by atoms with Crippen molar-refractivity contribution in [2.75, 3.05) is 21.3 Å². The monoisotopic (exact) mass is 366 g/mol. The molecule has 0 spiro atoms. The van der Waals surface area contributed by atoms with E-state index in [1.54, 1.807) is 33.5 Å². The minimum absolute atomic E-state index is 0.220. The van der Waals surface area contributed by atoms with E-state index >= 15 is 0 Å². The molecular weight excluding hydrogens is 344 g/mol. The molecule has 1 heterocycles. The van der Waals surface area contributed by atoms with Crippen LogP contribution in [0.1, 0.15) is 17.5 Å². The van der Waals surface area contributed by atoms with Crippen LogP contribution in [0.4, 0.5) is 0 Å². The first kappa shape index (κ1) is 18.5. The normalized spacial score (nSPS) is 14.7. The summed E-state index contributed by atoms with van der Waals surface area (Å²) in [5, 5.41) is 2.83. The molecule has 0 bridgehead atoms. The molecule has 1 aliphatic heterocycles. The quantitative estimate of drug-likeness (QED) is 0.764. The zero-order valence-corrected chi connectivity index (χ0v) is 15.6. The summed E-state index contributed by atoms with van der Waals surface area (Å²) < 4.78 is 15.9. The van der Waals surface area contributed by atoms with E-state index in [1.807, 2.05) is 36.4 Å². The van der Waals surface area contributed by atoms with Crippen molar-refractivity contribution in [3.8, 4) is 17.2 Å². The number of rotatable bonds is 7. The molecule has 1 amide bonds. The van der Waals surface area contributed by atoms with Gasteiger partial charge in [0.25, 0.3) is 5.91 Å². The largest absolute Gasteiger partial charge is 0.497 e. The summed E-state index contributed by atoms with van der Waals surface area (Å²) in [7, 11) is 4.82. The highest BCUT2D eigenvalue weighted by Gasteiger charge is 2.20. The number of carbonyl (C=O) groups excluding carboxylic acids is 1. The number of amidine groups is 1. The molecule has 27 heavy (non-hydrogen) atoms. The van der Waals surface area contributed by atoms with Gasteiger partial charge in [-0.05, 0) is 36.3 Å². The van der Waals surface area contributed by atoms with Gasteiger partial charge in [0, 0.05) is 18.1 Å². The molecule has 0 fully saturated rings. The topological polar surface area (TPSA) is 69.2 Å². The summed E-state index contributed by atoms with van der Waals surface area (Å²) in [5.74, 6) is 2.56. The Labute approximate surface area is 158 Å². The van der Waals surface area contributed by atoms with Crippen LogP contribution in [0.15, 0.2) is 53.2 Å². The molecule has 3 rings (SSSR count). The van der Waals surface area contributed by atoms with Crippen LogP contribution in [0.3, 0.4) is 0 Å². The number of hydrogen-bond donors (Lipinski definition) is 1. The lowest BCUT2D eigenvalue weighted by Gasteiger charge is -2.07. The summed E-state index contributed by atoms with van der Waals surface area (Å²) >= 11 is 0. The second-order valence-electron chi connectivity index (χ2n) is 5.96. The van der Waals surface area contributed by atoms with E-state index < -0.39 is 0 Å². The predicted molar refractivity (Wildman–Crippen MR) is 104 cm³/mol. The van der Waals surface area contributed by atoms with E-state index in [0.29, 0.717) is 29.5 Å². The van der Waals surface area contributed by atoms with Crippen molar-refractivity contribution in [3.05, 3.63) is 59.3 Å². The van der Waals surface area contributed by atoms with Crippen molar-refractivity contribution in [3.63, 3.8) is 0 Å². The smallest absolute Gasteiger partial charge is 0.275 e. The van der Waals surface area contributed by atoms with Crippen molar-refractivity contribution in [2.24, 2.45) is 4.99 Å². The number of aryl methyl sites for hydroxylation is 1.